The van der Waals surface area contributed by atoms with E-state index in [4.69, 9.17) is 0 Å². The Kier molecular flexibility index (Phi) is 7.13. The summed E-state index contributed by atoms with van der Waals surface area (Å²) in [5.74, 6) is 0.901. The van der Waals surface area contributed by atoms with E-state index in [1.54, 1.807) is 0 Å². The van der Waals surface area contributed by atoms with Crippen LogP contribution in [0.1, 0.15) is 25.7 Å². The molecule has 1 aliphatic carbocycles. The van der Waals surface area contributed by atoms with Crippen LogP contribution >= 0.6 is 24.8 Å². The number of hydrogen-bond acceptors (Lipinski definition) is 3. The van der Waals surface area contributed by atoms with Crippen LogP contribution in [0.25, 0.3) is 0 Å². The summed E-state index contributed by atoms with van der Waals surface area (Å²) in [6.07, 6.45) is 4.89. The molecule has 2 fully saturated rings. The van der Waals surface area contributed by atoms with Crippen LogP contribution in [-0.2, 0) is 0 Å². The molecule has 15 heavy (non-hydrogen) atoms. The third-order valence-electron chi connectivity index (χ3n) is 3.33. The average Bonchev–Trinajstić information content (AvgIpc) is 3.00. The molecule has 0 unspecified atom stereocenters. The van der Waals surface area contributed by atoms with Gasteiger partial charge in [0.1, 0.15) is 0 Å². The predicted octanol–water partition coefficient (Wildman–Crippen LogP) is 0.944. The zero-order valence-corrected chi connectivity index (χ0v) is 10.6. The van der Waals surface area contributed by atoms with Crippen molar-refractivity contribution in [3.63, 3.8) is 0 Å². The third-order valence-corrected chi connectivity index (χ3v) is 3.33. The third kappa shape index (κ3) is 4.45. The average molecular weight is 257 g/mol. The van der Waals surface area contributed by atoms with Gasteiger partial charge in [0.2, 0.25) is 0 Å². The molecule has 0 aromatic rings. The molecular weight excluding hydrogens is 235 g/mol. The smallest absolute Gasteiger partial charge is 0.0614 e. The SMILES string of the molecule is Cl.Cl.OCC1(NCC2CC2)CCNCC1. The predicted molar refractivity (Wildman–Crippen MR) is 67.1 cm³/mol. The molecule has 0 atom stereocenters. The lowest BCUT2D eigenvalue weighted by Gasteiger charge is -2.37. The van der Waals surface area contributed by atoms with Gasteiger partial charge in [0, 0.05) is 5.54 Å². The normalized spacial score (nSPS) is 23.8. The number of halogens is 2. The number of aliphatic hydroxyl groups is 1. The van der Waals surface area contributed by atoms with E-state index in [1.807, 2.05) is 0 Å². The van der Waals surface area contributed by atoms with Crippen LogP contribution < -0.4 is 10.6 Å². The van der Waals surface area contributed by atoms with Gasteiger partial charge < -0.3 is 15.7 Å². The van der Waals surface area contributed by atoms with Crippen molar-refractivity contribution in [1.82, 2.24) is 10.6 Å². The zero-order valence-electron chi connectivity index (χ0n) is 9.00. The molecule has 2 aliphatic rings. The molecule has 2 rings (SSSR count). The monoisotopic (exact) mass is 256 g/mol. The summed E-state index contributed by atoms with van der Waals surface area (Å²) in [7, 11) is 0. The second-order valence-corrected chi connectivity index (χ2v) is 4.51. The van der Waals surface area contributed by atoms with Gasteiger partial charge in [-0.25, -0.2) is 0 Å². The van der Waals surface area contributed by atoms with Crippen LogP contribution in [-0.4, -0.2) is 36.9 Å². The number of nitrogens with one attached hydrogen (secondary N) is 2. The highest BCUT2D eigenvalue weighted by molar-refractivity contribution is 5.85. The Hall–Kier alpha value is 0.460. The minimum atomic E-state index is 0. The largest absolute Gasteiger partial charge is 0.394 e. The lowest BCUT2D eigenvalue weighted by molar-refractivity contribution is 0.126. The van der Waals surface area contributed by atoms with Crippen molar-refractivity contribution < 1.29 is 5.11 Å². The van der Waals surface area contributed by atoms with Crippen LogP contribution in [0, 0.1) is 5.92 Å². The van der Waals surface area contributed by atoms with E-state index in [9.17, 15) is 5.11 Å². The zero-order chi connectivity index (χ0) is 9.15. The Morgan fingerprint density at radius 3 is 2.27 bits per heavy atom. The first-order valence-corrected chi connectivity index (χ1v) is 5.41. The van der Waals surface area contributed by atoms with Gasteiger partial charge >= 0.3 is 0 Å². The first kappa shape index (κ1) is 15.5. The van der Waals surface area contributed by atoms with Crippen LogP contribution in [0.2, 0.25) is 0 Å². The standard InChI is InChI=1S/C10H20N2O.2ClH/c13-8-10(3-5-11-6-4-10)12-7-9-1-2-9;;/h9,11-13H,1-8H2;2*1H. The van der Waals surface area contributed by atoms with Gasteiger partial charge in [0.05, 0.1) is 6.61 Å². The Bertz CT molecular complexity index is 171. The molecule has 0 aromatic carbocycles. The maximum Gasteiger partial charge on any atom is 0.0614 e. The van der Waals surface area contributed by atoms with E-state index in [1.165, 1.54) is 12.8 Å². The number of aliphatic hydroxyl groups excluding tert-OH is 1. The van der Waals surface area contributed by atoms with Crippen molar-refractivity contribution in [2.24, 2.45) is 5.92 Å². The van der Waals surface area contributed by atoms with Crippen molar-refractivity contribution in [3.8, 4) is 0 Å². The molecule has 0 bridgehead atoms. The summed E-state index contributed by atoms with van der Waals surface area (Å²) < 4.78 is 0. The highest BCUT2D eigenvalue weighted by Gasteiger charge is 2.32. The van der Waals surface area contributed by atoms with Crippen LogP contribution in [0.5, 0.6) is 0 Å². The summed E-state index contributed by atoms with van der Waals surface area (Å²) >= 11 is 0. The van der Waals surface area contributed by atoms with Crippen molar-refractivity contribution in [2.75, 3.05) is 26.2 Å². The fourth-order valence-electron chi connectivity index (χ4n) is 1.98. The molecule has 3 N–H and O–H groups in total. The molecule has 3 nitrogen and oxygen atoms in total. The first-order chi connectivity index (χ1) is 6.35. The Morgan fingerprint density at radius 2 is 1.80 bits per heavy atom. The highest BCUT2D eigenvalue weighted by Crippen LogP contribution is 2.29. The molecule has 1 heterocycles. The summed E-state index contributed by atoms with van der Waals surface area (Å²) in [4.78, 5) is 0. The number of piperidine rings is 1. The Balaban J connectivity index is 0.000000980. The van der Waals surface area contributed by atoms with Crippen molar-refractivity contribution >= 4 is 24.8 Å². The van der Waals surface area contributed by atoms with E-state index >= 15 is 0 Å². The maximum atomic E-state index is 9.38. The van der Waals surface area contributed by atoms with Gasteiger partial charge in [-0.15, -0.1) is 24.8 Å². The van der Waals surface area contributed by atoms with Crippen molar-refractivity contribution in [3.05, 3.63) is 0 Å². The van der Waals surface area contributed by atoms with Gasteiger partial charge in [0.25, 0.3) is 0 Å². The molecule has 0 amide bonds. The fourth-order valence-corrected chi connectivity index (χ4v) is 1.98. The van der Waals surface area contributed by atoms with Gasteiger partial charge in [0.15, 0.2) is 0 Å². The van der Waals surface area contributed by atoms with Gasteiger partial charge in [-0.2, -0.15) is 0 Å². The topological polar surface area (TPSA) is 44.3 Å². The lowest BCUT2D eigenvalue weighted by atomic mass is 9.89. The molecule has 1 aliphatic heterocycles. The molecule has 92 valence electrons. The molecule has 1 saturated carbocycles. The number of rotatable bonds is 4. The Labute approximate surface area is 104 Å². The molecule has 1 saturated heterocycles. The molecular formula is C10H22Cl2N2O. The first-order valence-electron chi connectivity index (χ1n) is 5.41. The Morgan fingerprint density at radius 1 is 1.20 bits per heavy atom. The molecule has 0 aromatic heterocycles. The van der Waals surface area contributed by atoms with E-state index in [-0.39, 0.29) is 30.4 Å². The van der Waals surface area contributed by atoms with Crippen LogP contribution in [0.4, 0.5) is 0 Å². The number of hydrogen-bond donors (Lipinski definition) is 3. The van der Waals surface area contributed by atoms with Crippen molar-refractivity contribution in [2.45, 2.75) is 31.2 Å². The van der Waals surface area contributed by atoms with Gasteiger partial charge in [-0.05, 0) is 51.2 Å². The molecule has 0 spiro atoms. The maximum absolute atomic E-state index is 9.38. The quantitative estimate of drug-likeness (QED) is 0.702. The summed E-state index contributed by atoms with van der Waals surface area (Å²) in [6.45, 7) is 3.48. The van der Waals surface area contributed by atoms with E-state index < -0.39 is 0 Å². The summed E-state index contributed by atoms with van der Waals surface area (Å²) in [5, 5.41) is 16.3. The van der Waals surface area contributed by atoms with E-state index in [2.05, 4.69) is 10.6 Å². The van der Waals surface area contributed by atoms with Gasteiger partial charge in [-0.1, -0.05) is 0 Å². The molecule has 0 radical (unpaired) electrons. The fraction of sp³-hybridized carbons (Fsp3) is 1.00. The van der Waals surface area contributed by atoms with Crippen LogP contribution in [0.15, 0.2) is 0 Å². The van der Waals surface area contributed by atoms with Crippen LogP contribution in [0.3, 0.4) is 0 Å². The van der Waals surface area contributed by atoms with Gasteiger partial charge in [-0.3, -0.25) is 0 Å². The second kappa shape index (κ2) is 6.92. The minimum Gasteiger partial charge on any atom is -0.394 e. The highest BCUT2D eigenvalue weighted by atomic mass is 35.5. The molecule has 5 heteroatoms. The minimum absolute atomic E-state index is 0. The summed E-state index contributed by atoms with van der Waals surface area (Å²) in [5.41, 5.74) is 0.0356. The van der Waals surface area contributed by atoms with Crippen molar-refractivity contribution in [1.29, 1.82) is 0 Å². The van der Waals surface area contributed by atoms with E-state index in [0.29, 0.717) is 6.61 Å². The second-order valence-electron chi connectivity index (χ2n) is 4.51. The lowest BCUT2D eigenvalue weighted by Crippen LogP contribution is -2.55. The van der Waals surface area contributed by atoms with E-state index in [0.717, 1.165) is 38.4 Å². The summed E-state index contributed by atoms with van der Waals surface area (Å²) in [6, 6.07) is 0.